The molecule has 2 aliphatic rings. The molecule has 0 amide bonds. The average Bonchev–Trinajstić information content (AvgIpc) is 3.91. The Balaban J connectivity index is 1.08. The zero-order chi connectivity index (χ0) is 43.0. The number of benzene rings is 10. The molecule has 1 spiro atoms. The molecule has 2 aromatic heterocycles. The van der Waals surface area contributed by atoms with E-state index >= 15 is 0 Å². The number of hydrogen-bond acceptors (Lipinski definition) is 2. The lowest BCUT2D eigenvalue weighted by molar-refractivity contribution is 0.669. The zero-order valence-corrected chi connectivity index (χ0v) is 37.1. The minimum Gasteiger partial charge on any atom is -0.456 e. The largest absolute Gasteiger partial charge is 0.456 e. The maximum atomic E-state index is 6.60. The molecule has 0 saturated heterocycles. The van der Waals surface area contributed by atoms with Crippen LogP contribution in [0.2, 0.25) is 13.1 Å². The molecular weight excluding hydrogens is 805 g/mol. The maximum Gasteiger partial charge on any atom is 0.137 e. The van der Waals surface area contributed by atoms with Gasteiger partial charge in [0.1, 0.15) is 19.2 Å². The van der Waals surface area contributed by atoms with E-state index in [2.05, 4.69) is 241 Å². The van der Waals surface area contributed by atoms with Crippen molar-refractivity contribution in [1.82, 2.24) is 4.57 Å². The van der Waals surface area contributed by atoms with Crippen LogP contribution in [0.25, 0.3) is 71.3 Å². The summed E-state index contributed by atoms with van der Waals surface area (Å²) in [6, 6.07) is 81.4. The predicted octanol–water partition coefficient (Wildman–Crippen LogP) is 14.8. The maximum absolute atomic E-state index is 6.60. The minimum absolute atomic E-state index is 0.513. The first-order valence-electron chi connectivity index (χ1n) is 22.7. The SMILES string of the molecule is C[Si]1(C)c2ccccc2C2(c3ccccc3-c3cccc4cccc2c34)c2ccc(N(c3ccc4c(c3)c3ccccc3n4-c3ccccc3)c3cccc4oc5ccccc5c34)cc21. The number of aromatic nitrogens is 1. The highest BCUT2D eigenvalue weighted by molar-refractivity contribution is 7.01. The van der Waals surface area contributed by atoms with E-state index in [0.717, 1.165) is 44.7 Å². The number of anilines is 3. The molecule has 0 fully saturated rings. The van der Waals surface area contributed by atoms with Gasteiger partial charge in [-0.05, 0) is 121 Å². The van der Waals surface area contributed by atoms with Crippen LogP contribution in [0.15, 0.2) is 223 Å². The van der Waals surface area contributed by atoms with Crippen molar-refractivity contribution in [2.24, 2.45) is 0 Å². The molecule has 0 saturated carbocycles. The van der Waals surface area contributed by atoms with E-state index < -0.39 is 13.5 Å². The number of para-hydroxylation sites is 3. The van der Waals surface area contributed by atoms with E-state index in [1.54, 1.807) is 0 Å². The Labute approximate surface area is 378 Å². The normalized spacial score (nSPS) is 15.7. The number of hydrogen-bond donors (Lipinski definition) is 0. The number of furan rings is 1. The Morgan fingerprint density at radius 2 is 1.06 bits per heavy atom. The second-order valence-corrected chi connectivity index (χ2v) is 22.7. The Hall–Kier alpha value is -7.92. The second kappa shape index (κ2) is 13.3. The topological polar surface area (TPSA) is 21.3 Å². The molecule has 0 radical (unpaired) electrons. The first-order valence-corrected chi connectivity index (χ1v) is 25.7. The molecule has 1 atom stereocenters. The molecular formula is C61H42N2OSi. The molecule has 4 heteroatoms. The van der Waals surface area contributed by atoms with Gasteiger partial charge in [0.2, 0.25) is 0 Å². The molecule has 306 valence electrons. The molecule has 3 nitrogen and oxygen atoms in total. The van der Waals surface area contributed by atoms with Crippen LogP contribution in [0.5, 0.6) is 0 Å². The molecule has 14 rings (SSSR count). The molecule has 1 aliphatic carbocycles. The van der Waals surface area contributed by atoms with E-state index in [9.17, 15) is 0 Å². The third kappa shape index (κ3) is 4.84. The molecule has 10 aromatic carbocycles. The van der Waals surface area contributed by atoms with Crippen LogP contribution in [0.3, 0.4) is 0 Å². The summed E-state index contributed by atoms with van der Waals surface area (Å²) >= 11 is 0. The quantitative estimate of drug-likeness (QED) is 0.165. The summed E-state index contributed by atoms with van der Waals surface area (Å²) in [7, 11) is -2.36. The summed E-state index contributed by atoms with van der Waals surface area (Å²) in [4.78, 5) is 2.50. The van der Waals surface area contributed by atoms with Gasteiger partial charge in [-0.3, -0.25) is 0 Å². The van der Waals surface area contributed by atoms with Gasteiger partial charge in [-0.2, -0.15) is 0 Å². The van der Waals surface area contributed by atoms with Crippen LogP contribution >= 0.6 is 0 Å². The highest BCUT2D eigenvalue weighted by Crippen LogP contribution is 2.57. The first-order chi connectivity index (χ1) is 32.0. The van der Waals surface area contributed by atoms with Gasteiger partial charge in [-0.15, -0.1) is 0 Å². The molecule has 65 heavy (non-hydrogen) atoms. The van der Waals surface area contributed by atoms with Gasteiger partial charge in [0.05, 0.1) is 27.5 Å². The number of fused-ring (bicyclic) bond motifs is 14. The van der Waals surface area contributed by atoms with Gasteiger partial charge in [-0.1, -0.05) is 165 Å². The van der Waals surface area contributed by atoms with Crippen molar-refractivity contribution in [2.75, 3.05) is 4.90 Å². The number of nitrogens with zero attached hydrogens (tertiary/aromatic N) is 2. The fourth-order valence-electron chi connectivity index (χ4n) is 12.1. The van der Waals surface area contributed by atoms with E-state index in [4.69, 9.17) is 4.42 Å². The summed E-state index contributed by atoms with van der Waals surface area (Å²) in [6.45, 7) is 5.12. The smallest absolute Gasteiger partial charge is 0.137 e. The van der Waals surface area contributed by atoms with Gasteiger partial charge in [-0.25, -0.2) is 0 Å². The molecule has 0 bridgehead atoms. The van der Waals surface area contributed by atoms with Crippen molar-refractivity contribution in [2.45, 2.75) is 18.5 Å². The Morgan fingerprint density at radius 1 is 0.431 bits per heavy atom. The minimum atomic E-state index is -2.36. The Morgan fingerprint density at radius 3 is 1.95 bits per heavy atom. The van der Waals surface area contributed by atoms with Crippen LogP contribution in [0.4, 0.5) is 17.1 Å². The lowest BCUT2D eigenvalue weighted by Gasteiger charge is -2.50. The summed E-state index contributed by atoms with van der Waals surface area (Å²) < 4.78 is 9.00. The van der Waals surface area contributed by atoms with Crippen molar-refractivity contribution in [1.29, 1.82) is 0 Å². The van der Waals surface area contributed by atoms with Crippen molar-refractivity contribution in [3.63, 3.8) is 0 Å². The monoisotopic (exact) mass is 846 g/mol. The zero-order valence-electron chi connectivity index (χ0n) is 36.1. The van der Waals surface area contributed by atoms with Crippen LogP contribution in [0.1, 0.15) is 22.3 Å². The van der Waals surface area contributed by atoms with E-state index in [1.165, 1.54) is 76.3 Å². The lowest BCUT2D eigenvalue weighted by Crippen LogP contribution is -2.63. The van der Waals surface area contributed by atoms with Gasteiger partial charge in [0, 0.05) is 33.2 Å². The van der Waals surface area contributed by atoms with Crippen LogP contribution in [0, 0.1) is 0 Å². The number of rotatable bonds is 4. The van der Waals surface area contributed by atoms with E-state index in [1.807, 2.05) is 0 Å². The summed E-state index contributed by atoms with van der Waals surface area (Å²) in [5.74, 6) is 0. The highest BCUT2D eigenvalue weighted by atomic mass is 28.3. The molecule has 1 unspecified atom stereocenters. The Bertz CT molecular complexity index is 3950. The van der Waals surface area contributed by atoms with E-state index in [0.29, 0.717) is 0 Å². The second-order valence-electron chi connectivity index (χ2n) is 18.4. The fraction of sp³-hybridized carbons (Fsp3) is 0.0492. The summed E-state index contributed by atoms with van der Waals surface area (Å²) in [5.41, 5.74) is 16.2. The van der Waals surface area contributed by atoms with Gasteiger partial charge < -0.3 is 13.9 Å². The molecule has 3 heterocycles. The standard InChI is InChI=1S/C61H42N2OSi/c1-65(2)57-32-13-10-26-49(57)61(48-25-9-6-21-43(48)45-24-14-17-39-18-15-27-51(61)59(39)45)50-35-33-42(38-58(50)65)62(54-29-16-31-56-60(54)46-23-8-12-30-55(46)64-56)41-34-36-53-47(37-41)44-22-7-11-28-52(44)63(53)40-19-4-3-5-20-40/h3-38H,1-2H3. The molecule has 12 aromatic rings. The average molecular weight is 847 g/mol. The predicted molar refractivity (Wildman–Crippen MR) is 274 cm³/mol. The van der Waals surface area contributed by atoms with Crippen LogP contribution in [-0.4, -0.2) is 12.6 Å². The summed E-state index contributed by atoms with van der Waals surface area (Å²) in [6.07, 6.45) is 0. The van der Waals surface area contributed by atoms with Crippen LogP contribution < -0.4 is 15.3 Å². The third-order valence-corrected chi connectivity index (χ3v) is 18.4. The van der Waals surface area contributed by atoms with Crippen molar-refractivity contribution in [3.05, 3.63) is 241 Å². The van der Waals surface area contributed by atoms with Crippen molar-refractivity contribution >= 4 is 90.0 Å². The van der Waals surface area contributed by atoms with Crippen molar-refractivity contribution < 1.29 is 4.42 Å². The van der Waals surface area contributed by atoms with E-state index in [-0.39, 0.29) is 0 Å². The lowest BCUT2D eigenvalue weighted by atomic mass is 9.59. The van der Waals surface area contributed by atoms with Gasteiger partial charge in [0.15, 0.2) is 0 Å². The van der Waals surface area contributed by atoms with Gasteiger partial charge in [0.25, 0.3) is 0 Å². The third-order valence-electron chi connectivity index (χ3n) is 14.8. The first kappa shape index (κ1) is 36.5. The van der Waals surface area contributed by atoms with Gasteiger partial charge >= 0.3 is 0 Å². The van der Waals surface area contributed by atoms with Crippen LogP contribution in [-0.2, 0) is 5.41 Å². The Kier molecular flexibility index (Phi) is 7.48. The molecule has 1 aliphatic heterocycles. The molecule has 0 N–H and O–H groups in total. The highest BCUT2D eigenvalue weighted by Gasteiger charge is 2.52. The fourth-order valence-corrected chi connectivity index (χ4v) is 15.3. The van der Waals surface area contributed by atoms with Crippen molar-refractivity contribution in [3.8, 4) is 16.8 Å². The summed E-state index contributed by atoms with van der Waals surface area (Å²) in [5, 5.41) is 10.2.